The van der Waals surface area contributed by atoms with Gasteiger partial charge in [0, 0.05) is 56.0 Å². The van der Waals surface area contributed by atoms with Crippen LogP contribution in [0.25, 0.3) is 0 Å². The first kappa shape index (κ1) is 18.7. The topological polar surface area (TPSA) is 75.3 Å². The predicted molar refractivity (Wildman–Crippen MR) is 106 cm³/mol. The maximum absolute atomic E-state index is 12.8. The highest BCUT2D eigenvalue weighted by Gasteiger charge is 2.42. The van der Waals surface area contributed by atoms with Gasteiger partial charge in [-0.3, -0.25) is 9.69 Å². The molecule has 148 valence electrons. The molecule has 3 fully saturated rings. The molecule has 3 heterocycles. The van der Waals surface area contributed by atoms with E-state index in [2.05, 4.69) is 19.8 Å². The fourth-order valence-corrected chi connectivity index (χ4v) is 5.41. The second-order valence-electron chi connectivity index (χ2n) is 9.02. The highest BCUT2D eigenvalue weighted by atomic mass is 16.2. The highest BCUT2D eigenvalue weighted by Crippen LogP contribution is 2.40. The average molecular weight is 372 g/mol. The second kappa shape index (κ2) is 8.13. The van der Waals surface area contributed by atoms with E-state index < -0.39 is 0 Å². The van der Waals surface area contributed by atoms with E-state index in [0.29, 0.717) is 11.9 Å². The van der Waals surface area contributed by atoms with Crippen molar-refractivity contribution in [1.82, 2.24) is 19.8 Å². The summed E-state index contributed by atoms with van der Waals surface area (Å²) in [4.78, 5) is 25.6. The number of carbonyl (C=O) groups is 1. The van der Waals surface area contributed by atoms with Gasteiger partial charge in [0.2, 0.25) is 11.9 Å². The van der Waals surface area contributed by atoms with E-state index in [1.807, 2.05) is 12.4 Å². The summed E-state index contributed by atoms with van der Waals surface area (Å²) >= 11 is 0. The normalized spacial score (nSPS) is 26.9. The van der Waals surface area contributed by atoms with Crippen LogP contribution in [0.4, 0.5) is 5.95 Å². The number of anilines is 1. The highest BCUT2D eigenvalue weighted by molar-refractivity contribution is 5.76. The Balaban J connectivity index is 1.29. The molecular formula is C21H33N5O. The van der Waals surface area contributed by atoms with E-state index in [9.17, 15) is 4.79 Å². The minimum atomic E-state index is 0.288. The number of nitrogens with zero attached hydrogens (tertiary/aromatic N) is 4. The molecular weight excluding hydrogens is 338 g/mol. The largest absolute Gasteiger partial charge is 0.368 e. The summed E-state index contributed by atoms with van der Waals surface area (Å²) < 4.78 is 0. The Bertz CT molecular complexity index is 642. The Labute approximate surface area is 162 Å². The summed E-state index contributed by atoms with van der Waals surface area (Å²) in [5.41, 5.74) is 6.98. The van der Waals surface area contributed by atoms with Crippen LogP contribution in [0.1, 0.15) is 63.4 Å². The Morgan fingerprint density at radius 2 is 1.89 bits per heavy atom. The van der Waals surface area contributed by atoms with E-state index in [1.165, 1.54) is 38.5 Å². The zero-order valence-corrected chi connectivity index (χ0v) is 16.4. The predicted octanol–water partition coefficient (Wildman–Crippen LogP) is 2.84. The molecule has 1 amide bonds. The van der Waals surface area contributed by atoms with Crippen LogP contribution in [0.15, 0.2) is 12.4 Å². The SMILES string of the molecule is Nc1ncc(CN2CCC3(CCCN(C(=O)CCC4CCCC4)C3)C2)cn1. The Hall–Kier alpha value is -1.69. The number of amides is 1. The molecule has 2 N–H and O–H groups in total. The molecule has 1 aliphatic carbocycles. The van der Waals surface area contributed by atoms with Crippen molar-refractivity contribution in [3.8, 4) is 0 Å². The van der Waals surface area contributed by atoms with Crippen LogP contribution >= 0.6 is 0 Å². The molecule has 6 nitrogen and oxygen atoms in total. The van der Waals surface area contributed by atoms with Gasteiger partial charge in [-0.25, -0.2) is 9.97 Å². The maximum Gasteiger partial charge on any atom is 0.222 e. The fraction of sp³-hybridized carbons (Fsp3) is 0.762. The molecule has 0 radical (unpaired) electrons. The summed E-state index contributed by atoms with van der Waals surface area (Å²) in [5, 5.41) is 0. The van der Waals surface area contributed by atoms with Crippen molar-refractivity contribution in [2.75, 3.05) is 31.9 Å². The third-order valence-electron chi connectivity index (χ3n) is 6.90. The van der Waals surface area contributed by atoms with Gasteiger partial charge in [-0.1, -0.05) is 25.7 Å². The number of nitrogens with two attached hydrogens (primary N) is 1. The van der Waals surface area contributed by atoms with Crippen LogP contribution in [0, 0.1) is 11.3 Å². The Kier molecular flexibility index (Phi) is 5.62. The third kappa shape index (κ3) is 4.60. The molecule has 0 aromatic carbocycles. The summed E-state index contributed by atoms with van der Waals surface area (Å²) in [6.45, 7) is 4.94. The molecule has 27 heavy (non-hydrogen) atoms. The van der Waals surface area contributed by atoms with E-state index >= 15 is 0 Å². The Morgan fingerprint density at radius 1 is 1.11 bits per heavy atom. The van der Waals surface area contributed by atoms with Crippen molar-refractivity contribution in [2.45, 2.75) is 64.3 Å². The second-order valence-corrected chi connectivity index (χ2v) is 9.02. The minimum Gasteiger partial charge on any atom is -0.368 e. The van der Waals surface area contributed by atoms with E-state index in [4.69, 9.17) is 5.73 Å². The first-order chi connectivity index (χ1) is 13.1. The van der Waals surface area contributed by atoms with Crippen LogP contribution in [-0.4, -0.2) is 51.9 Å². The van der Waals surface area contributed by atoms with Crippen molar-refractivity contribution >= 4 is 11.9 Å². The lowest BCUT2D eigenvalue weighted by Gasteiger charge is -2.40. The fourth-order valence-electron chi connectivity index (χ4n) is 5.41. The van der Waals surface area contributed by atoms with Crippen molar-refractivity contribution in [3.05, 3.63) is 18.0 Å². The van der Waals surface area contributed by atoms with Gasteiger partial charge in [-0.05, 0) is 38.1 Å². The van der Waals surface area contributed by atoms with Crippen molar-refractivity contribution in [2.24, 2.45) is 11.3 Å². The maximum atomic E-state index is 12.8. The lowest BCUT2D eigenvalue weighted by atomic mass is 9.79. The zero-order valence-electron chi connectivity index (χ0n) is 16.4. The number of piperidine rings is 1. The van der Waals surface area contributed by atoms with Gasteiger partial charge >= 0.3 is 0 Å². The van der Waals surface area contributed by atoms with Crippen molar-refractivity contribution < 1.29 is 4.79 Å². The zero-order chi connectivity index (χ0) is 18.7. The molecule has 1 atom stereocenters. The van der Waals surface area contributed by atoms with Gasteiger partial charge in [-0.2, -0.15) is 0 Å². The molecule has 2 saturated heterocycles. The lowest BCUT2D eigenvalue weighted by molar-refractivity contribution is -0.134. The molecule has 1 saturated carbocycles. The van der Waals surface area contributed by atoms with Crippen LogP contribution < -0.4 is 5.73 Å². The molecule has 6 heteroatoms. The first-order valence-corrected chi connectivity index (χ1v) is 10.7. The molecule has 1 aromatic heterocycles. The average Bonchev–Trinajstić information content (AvgIpc) is 3.32. The number of likely N-dealkylation sites (tertiary alicyclic amines) is 2. The lowest BCUT2D eigenvalue weighted by Crippen LogP contribution is -2.47. The van der Waals surface area contributed by atoms with Gasteiger partial charge in [0.1, 0.15) is 0 Å². The third-order valence-corrected chi connectivity index (χ3v) is 6.90. The number of hydrogen-bond donors (Lipinski definition) is 1. The monoisotopic (exact) mass is 371 g/mol. The molecule has 4 rings (SSSR count). The van der Waals surface area contributed by atoms with Gasteiger partial charge in [-0.15, -0.1) is 0 Å². The minimum absolute atomic E-state index is 0.288. The van der Waals surface area contributed by atoms with E-state index in [1.54, 1.807) is 0 Å². The van der Waals surface area contributed by atoms with E-state index in [-0.39, 0.29) is 5.41 Å². The molecule has 1 spiro atoms. The molecule has 2 aliphatic heterocycles. The van der Waals surface area contributed by atoms with Crippen LogP contribution in [0.2, 0.25) is 0 Å². The summed E-state index contributed by atoms with van der Waals surface area (Å²) in [5.74, 6) is 1.53. The van der Waals surface area contributed by atoms with Crippen LogP contribution in [0.3, 0.4) is 0 Å². The summed E-state index contributed by atoms with van der Waals surface area (Å²) in [7, 11) is 0. The smallest absolute Gasteiger partial charge is 0.222 e. The molecule has 1 unspecified atom stereocenters. The van der Waals surface area contributed by atoms with Gasteiger partial charge < -0.3 is 10.6 Å². The van der Waals surface area contributed by atoms with Crippen LogP contribution in [-0.2, 0) is 11.3 Å². The number of nitrogen functional groups attached to an aromatic ring is 1. The number of aromatic nitrogens is 2. The van der Waals surface area contributed by atoms with Crippen LogP contribution in [0.5, 0.6) is 0 Å². The standard InChI is InChI=1S/C21H33N5O/c22-20-23-12-18(13-24-20)14-25-11-9-21(15-25)8-3-10-26(16-21)19(27)7-6-17-4-1-2-5-17/h12-13,17H,1-11,14-16H2,(H2,22,23,24). The van der Waals surface area contributed by atoms with Gasteiger partial charge in [0.05, 0.1) is 0 Å². The molecule has 1 aromatic rings. The quantitative estimate of drug-likeness (QED) is 0.861. The number of hydrogen-bond acceptors (Lipinski definition) is 5. The van der Waals surface area contributed by atoms with Gasteiger partial charge in [0.15, 0.2) is 0 Å². The van der Waals surface area contributed by atoms with E-state index in [0.717, 1.165) is 63.5 Å². The van der Waals surface area contributed by atoms with Gasteiger partial charge in [0.25, 0.3) is 0 Å². The first-order valence-electron chi connectivity index (χ1n) is 10.7. The molecule has 0 bridgehead atoms. The molecule has 3 aliphatic rings. The summed E-state index contributed by atoms with van der Waals surface area (Å²) in [6.07, 6.45) is 14.5. The number of rotatable bonds is 5. The van der Waals surface area contributed by atoms with Crippen molar-refractivity contribution in [3.63, 3.8) is 0 Å². The van der Waals surface area contributed by atoms with Crippen molar-refractivity contribution in [1.29, 1.82) is 0 Å². The number of carbonyl (C=O) groups excluding carboxylic acids is 1. The Morgan fingerprint density at radius 3 is 2.67 bits per heavy atom. The summed E-state index contributed by atoms with van der Waals surface area (Å²) in [6, 6.07) is 0.